The van der Waals surface area contributed by atoms with Gasteiger partial charge < -0.3 is 0 Å². The van der Waals surface area contributed by atoms with E-state index in [1.807, 2.05) is 43.7 Å². The molecule has 0 saturated carbocycles. The molecule has 1 rings (SSSR count). The van der Waals surface area contributed by atoms with Crippen LogP contribution in [0.25, 0.3) is 5.57 Å². The van der Waals surface area contributed by atoms with Crippen molar-refractivity contribution in [1.82, 2.24) is 0 Å². The zero-order valence-electron chi connectivity index (χ0n) is 11.4. The first-order chi connectivity index (χ1) is 9.58. The highest BCUT2D eigenvalue weighted by atomic mass is 35.5. The summed E-state index contributed by atoms with van der Waals surface area (Å²) in [6, 6.07) is 11.1. The van der Waals surface area contributed by atoms with Crippen LogP contribution in [-0.2, 0) is 0 Å². The van der Waals surface area contributed by atoms with Crippen molar-refractivity contribution >= 4 is 40.7 Å². The lowest BCUT2D eigenvalue weighted by molar-refractivity contribution is 1.43. The van der Waals surface area contributed by atoms with Gasteiger partial charge in [0.15, 0.2) is 0 Å². The average molecular weight is 321 g/mol. The minimum absolute atomic E-state index is 0.116. The standard InChI is InChI=1S/C15H13ClN2S2/c1-10(15(19-2)20-3)14(12(8-17)9-18)11-4-6-13(16)7-5-11/h4-7H,1-3H3. The van der Waals surface area contributed by atoms with Crippen molar-refractivity contribution in [1.29, 1.82) is 10.5 Å². The zero-order chi connectivity index (χ0) is 15.1. The van der Waals surface area contributed by atoms with Crippen molar-refractivity contribution in [2.24, 2.45) is 0 Å². The Hall–Kier alpha value is -1.33. The molecule has 0 aromatic heterocycles. The molecule has 0 radical (unpaired) electrons. The first-order valence-corrected chi connectivity index (χ1v) is 8.51. The van der Waals surface area contributed by atoms with Crippen LogP contribution in [0.2, 0.25) is 5.02 Å². The second kappa shape index (κ2) is 8.07. The molecule has 2 nitrogen and oxygen atoms in total. The Morgan fingerprint density at radius 2 is 1.55 bits per heavy atom. The van der Waals surface area contributed by atoms with Gasteiger partial charge in [0.1, 0.15) is 17.7 Å². The lowest BCUT2D eigenvalue weighted by Gasteiger charge is -2.12. The molecule has 1 aromatic rings. The Morgan fingerprint density at radius 3 is 1.95 bits per heavy atom. The Kier molecular flexibility index (Phi) is 6.75. The summed E-state index contributed by atoms with van der Waals surface area (Å²) in [5, 5.41) is 19.0. The molecule has 102 valence electrons. The van der Waals surface area contributed by atoms with E-state index < -0.39 is 0 Å². The molecule has 0 atom stereocenters. The van der Waals surface area contributed by atoms with E-state index >= 15 is 0 Å². The SMILES string of the molecule is CSC(SC)=C(C)C(=C(C#N)C#N)c1ccc(Cl)cc1. The second-order valence-electron chi connectivity index (χ2n) is 3.80. The lowest BCUT2D eigenvalue weighted by Crippen LogP contribution is -1.93. The summed E-state index contributed by atoms with van der Waals surface area (Å²) in [4.78, 5) is 0. The van der Waals surface area contributed by atoms with Gasteiger partial charge in [-0.05, 0) is 42.7 Å². The van der Waals surface area contributed by atoms with E-state index in [0.717, 1.165) is 15.4 Å². The van der Waals surface area contributed by atoms with Gasteiger partial charge in [0.25, 0.3) is 0 Å². The average Bonchev–Trinajstić information content (AvgIpc) is 2.47. The molecule has 5 heteroatoms. The first kappa shape index (κ1) is 16.7. The predicted molar refractivity (Wildman–Crippen MR) is 89.3 cm³/mol. The Labute approximate surface area is 133 Å². The fraction of sp³-hybridized carbons (Fsp3) is 0.200. The molecule has 0 aliphatic rings. The van der Waals surface area contributed by atoms with E-state index in [4.69, 9.17) is 11.6 Å². The van der Waals surface area contributed by atoms with Gasteiger partial charge in [0.2, 0.25) is 0 Å². The molecule has 0 N–H and O–H groups in total. The molecular weight excluding hydrogens is 308 g/mol. The highest BCUT2D eigenvalue weighted by Gasteiger charge is 2.14. The van der Waals surface area contributed by atoms with Crippen LogP contribution >= 0.6 is 35.1 Å². The molecule has 20 heavy (non-hydrogen) atoms. The number of nitrogens with zero attached hydrogens (tertiary/aromatic N) is 2. The van der Waals surface area contributed by atoms with Crippen molar-refractivity contribution in [2.75, 3.05) is 12.5 Å². The number of benzene rings is 1. The molecule has 0 amide bonds. The fourth-order valence-electron chi connectivity index (χ4n) is 1.79. The number of thioether (sulfide) groups is 2. The normalized spacial score (nSPS) is 9.30. The van der Waals surface area contributed by atoms with Gasteiger partial charge >= 0.3 is 0 Å². The summed E-state index contributed by atoms with van der Waals surface area (Å²) in [5.74, 6) is 0. The van der Waals surface area contributed by atoms with Gasteiger partial charge in [0.05, 0.1) is 0 Å². The molecule has 0 aliphatic carbocycles. The fourth-order valence-corrected chi connectivity index (χ4v) is 3.40. The minimum atomic E-state index is 0.116. The number of nitriles is 2. The monoisotopic (exact) mass is 320 g/mol. The molecular formula is C15H13ClN2S2. The first-order valence-electron chi connectivity index (χ1n) is 5.68. The molecule has 0 spiro atoms. The van der Waals surface area contributed by atoms with Gasteiger partial charge in [-0.3, -0.25) is 0 Å². The molecule has 0 fully saturated rings. The lowest BCUT2D eigenvalue weighted by atomic mass is 9.95. The van der Waals surface area contributed by atoms with Crippen molar-refractivity contribution in [3.63, 3.8) is 0 Å². The van der Waals surface area contributed by atoms with Crippen LogP contribution in [0.5, 0.6) is 0 Å². The summed E-state index contributed by atoms with van der Waals surface area (Å²) >= 11 is 9.11. The molecule has 0 bridgehead atoms. The number of hydrogen-bond donors (Lipinski definition) is 0. The summed E-state index contributed by atoms with van der Waals surface area (Å²) in [6.45, 7) is 1.93. The summed E-state index contributed by atoms with van der Waals surface area (Å²) < 4.78 is 1.08. The Morgan fingerprint density at radius 1 is 1.05 bits per heavy atom. The van der Waals surface area contributed by atoms with Gasteiger partial charge in [0, 0.05) is 14.8 Å². The maximum absolute atomic E-state index is 9.20. The van der Waals surface area contributed by atoms with Crippen molar-refractivity contribution in [3.05, 3.63) is 50.2 Å². The van der Waals surface area contributed by atoms with Crippen LogP contribution in [0.4, 0.5) is 0 Å². The van der Waals surface area contributed by atoms with E-state index in [9.17, 15) is 10.5 Å². The summed E-state index contributed by atoms with van der Waals surface area (Å²) in [5.41, 5.74) is 2.55. The third-order valence-corrected chi connectivity index (χ3v) is 5.26. The third-order valence-electron chi connectivity index (χ3n) is 2.66. The highest BCUT2D eigenvalue weighted by molar-refractivity contribution is 8.21. The largest absolute Gasteiger partial charge is 0.192 e. The maximum Gasteiger partial charge on any atom is 0.137 e. The van der Waals surface area contributed by atoms with Crippen LogP contribution in [0.15, 0.2) is 39.6 Å². The number of rotatable bonds is 4. The van der Waals surface area contributed by atoms with Crippen LogP contribution in [0.1, 0.15) is 12.5 Å². The summed E-state index contributed by atoms with van der Waals surface area (Å²) in [7, 11) is 0. The third kappa shape index (κ3) is 3.84. The quantitative estimate of drug-likeness (QED) is 0.572. The van der Waals surface area contributed by atoms with Crippen molar-refractivity contribution in [3.8, 4) is 12.1 Å². The molecule has 0 saturated heterocycles. The molecule has 1 aromatic carbocycles. The Balaban J connectivity index is 3.59. The molecule has 0 unspecified atom stereocenters. The van der Waals surface area contributed by atoms with E-state index in [0.29, 0.717) is 10.6 Å². The minimum Gasteiger partial charge on any atom is -0.192 e. The second-order valence-corrected chi connectivity index (χ2v) is 6.13. The van der Waals surface area contributed by atoms with Crippen LogP contribution in [-0.4, -0.2) is 12.5 Å². The zero-order valence-corrected chi connectivity index (χ0v) is 13.8. The highest BCUT2D eigenvalue weighted by Crippen LogP contribution is 2.36. The van der Waals surface area contributed by atoms with E-state index in [1.165, 1.54) is 0 Å². The van der Waals surface area contributed by atoms with E-state index in [1.54, 1.807) is 35.7 Å². The number of hydrogen-bond acceptors (Lipinski definition) is 4. The molecule has 0 aliphatic heterocycles. The molecule has 0 heterocycles. The number of halogens is 1. The smallest absolute Gasteiger partial charge is 0.137 e. The van der Waals surface area contributed by atoms with Gasteiger partial charge in [-0.25, -0.2) is 0 Å². The van der Waals surface area contributed by atoms with E-state index in [2.05, 4.69) is 0 Å². The predicted octanol–water partition coefficient (Wildman–Crippen LogP) is 5.10. The summed E-state index contributed by atoms with van der Waals surface area (Å²) in [6.07, 6.45) is 3.96. The van der Waals surface area contributed by atoms with Gasteiger partial charge in [-0.2, -0.15) is 10.5 Å². The van der Waals surface area contributed by atoms with Crippen molar-refractivity contribution in [2.45, 2.75) is 6.92 Å². The topological polar surface area (TPSA) is 47.6 Å². The van der Waals surface area contributed by atoms with Crippen LogP contribution in [0, 0.1) is 22.7 Å². The van der Waals surface area contributed by atoms with Gasteiger partial charge in [-0.15, -0.1) is 23.5 Å². The van der Waals surface area contributed by atoms with E-state index in [-0.39, 0.29) is 5.57 Å². The van der Waals surface area contributed by atoms with Crippen LogP contribution < -0.4 is 0 Å². The maximum atomic E-state index is 9.20. The Bertz CT molecular complexity index is 609. The number of allylic oxidation sites excluding steroid dienone is 3. The van der Waals surface area contributed by atoms with Crippen molar-refractivity contribution < 1.29 is 0 Å². The van der Waals surface area contributed by atoms with Gasteiger partial charge in [-0.1, -0.05) is 23.7 Å². The van der Waals surface area contributed by atoms with Crippen LogP contribution in [0.3, 0.4) is 0 Å².